The topological polar surface area (TPSA) is 142 Å². The molecular formula is C14H22N4O6S. The van der Waals surface area contributed by atoms with Crippen LogP contribution < -0.4 is 10.0 Å². The molecule has 0 aliphatic rings. The van der Waals surface area contributed by atoms with Crippen LogP contribution in [0.25, 0.3) is 0 Å². The van der Waals surface area contributed by atoms with Gasteiger partial charge in [0.1, 0.15) is 11.7 Å². The maximum absolute atomic E-state index is 12.2. The van der Waals surface area contributed by atoms with E-state index in [1.165, 1.54) is 19.1 Å². The number of carbonyl (C=O) groups is 1. The number of sulfonamides is 1. The molecule has 1 rings (SSSR count). The summed E-state index contributed by atoms with van der Waals surface area (Å²) in [7, 11) is -0.167. The Morgan fingerprint density at radius 2 is 2.04 bits per heavy atom. The fourth-order valence-corrected chi connectivity index (χ4v) is 3.03. The predicted molar refractivity (Wildman–Crippen MR) is 92.2 cm³/mol. The number of aliphatic carboxylic acids is 1. The number of carboxylic acids is 1. The van der Waals surface area contributed by atoms with Gasteiger partial charge in [-0.2, -0.15) is 0 Å². The molecule has 0 saturated carbocycles. The molecule has 0 spiro atoms. The van der Waals surface area contributed by atoms with Gasteiger partial charge in [0.15, 0.2) is 0 Å². The minimum absolute atomic E-state index is 0.0635. The Labute approximate surface area is 146 Å². The maximum Gasteiger partial charge on any atom is 0.325 e. The van der Waals surface area contributed by atoms with Crippen molar-refractivity contribution in [2.24, 2.45) is 0 Å². The highest BCUT2D eigenvalue weighted by molar-refractivity contribution is 7.89. The Balaban J connectivity index is 2.99. The number of carboxylic acid groups (broad SMARTS) is 1. The van der Waals surface area contributed by atoms with Crippen LogP contribution in [0.1, 0.15) is 13.3 Å². The molecule has 1 aromatic rings. The van der Waals surface area contributed by atoms with Crippen molar-refractivity contribution in [2.75, 3.05) is 32.5 Å². The smallest absolute Gasteiger partial charge is 0.325 e. The van der Waals surface area contributed by atoms with E-state index in [4.69, 9.17) is 5.11 Å². The molecule has 0 aliphatic heterocycles. The number of hydrogen-bond donors (Lipinski definition) is 3. The lowest BCUT2D eigenvalue weighted by atomic mass is 10.2. The number of hydrogen-bond acceptors (Lipinski definition) is 7. The fraction of sp³-hybridized carbons (Fsp3) is 0.500. The second-order valence-electron chi connectivity index (χ2n) is 5.69. The van der Waals surface area contributed by atoms with E-state index in [9.17, 15) is 23.3 Å². The summed E-state index contributed by atoms with van der Waals surface area (Å²) in [6, 6.07) is 2.22. The molecule has 10 nitrogen and oxygen atoms in total. The van der Waals surface area contributed by atoms with Crippen LogP contribution in [0.4, 0.5) is 11.4 Å². The van der Waals surface area contributed by atoms with Crippen LogP contribution in [0, 0.1) is 10.1 Å². The molecule has 140 valence electrons. The van der Waals surface area contributed by atoms with E-state index in [2.05, 4.69) is 10.0 Å². The highest BCUT2D eigenvalue weighted by atomic mass is 32.2. The van der Waals surface area contributed by atoms with Crippen LogP contribution in [0.5, 0.6) is 0 Å². The molecule has 0 radical (unpaired) electrons. The van der Waals surface area contributed by atoms with Crippen molar-refractivity contribution < 1.29 is 23.2 Å². The Bertz CT molecular complexity index is 735. The zero-order valence-electron chi connectivity index (χ0n) is 14.2. The van der Waals surface area contributed by atoms with Crippen molar-refractivity contribution in [1.29, 1.82) is 0 Å². The molecule has 0 heterocycles. The number of anilines is 1. The predicted octanol–water partition coefficient (Wildman–Crippen LogP) is 0.710. The number of nitrogens with zero attached hydrogens (tertiary/aromatic N) is 2. The third kappa shape index (κ3) is 6.29. The summed E-state index contributed by atoms with van der Waals surface area (Å²) >= 11 is 0. The monoisotopic (exact) mass is 374 g/mol. The fourth-order valence-electron chi connectivity index (χ4n) is 1.93. The molecule has 1 atom stereocenters. The lowest BCUT2D eigenvalue weighted by Crippen LogP contribution is -2.28. The van der Waals surface area contributed by atoms with Gasteiger partial charge in [0, 0.05) is 12.6 Å². The van der Waals surface area contributed by atoms with Crippen LogP contribution in [0.2, 0.25) is 0 Å². The van der Waals surface area contributed by atoms with E-state index < -0.39 is 32.6 Å². The second kappa shape index (κ2) is 8.74. The van der Waals surface area contributed by atoms with E-state index in [1.807, 2.05) is 19.0 Å². The standard InChI is InChI=1S/C14H22N4O6S/c1-10(14(19)20)16-12-6-5-11(9-13(12)18(21)22)25(23,24)15-7-4-8-17(2)3/h5-6,9-10,15-16H,4,7-8H2,1-3H3,(H,19,20)/t10-/m1/s1. The summed E-state index contributed by atoms with van der Waals surface area (Å²) in [5.41, 5.74) is -0.573. The van der Waals surface area contributed by atoms with Crippen LogP contribution >= 0.6 is 0 Å². The van der Waals surface area contributed by atoms with E-state index >= 15 is 0 Å². The number of nitrogens with one attached hydrogen (secondary N) is 2. The highest BCUT2D eigenvalue weighted by Crippen LogP contribution is 2.28. The Hall–Kier alpha value is -2.24. The number of rotatable bonds is 10. The van der Waals surface area contributed by atoms with Crippen molar-refractivity contribution in [1.82, 2.24) is 9.62 Å². The number of benzene rings is 1. The van der Waals surface area contributed by atoms with E-state index in [1.54, 1.807) is 0 Å². The molecule has 0 amide bonds. The zero-order chi connectivity index (χ0) is 19.2. The third-order valence-electron chi connectivity index (χ3n) is 3.29. The summed E-state index contributed by atoms with van der Waals surface area (Å²) in [5.74, 6) is -1.19. The first kappa shape index (κ1) is 20.8. The summed E-state index contributed by atoms with van der Waals surface area (Å²) in [5, 5.41) is 22.5. The lowest BCUT2D eigenvalue weighted by Gasteiger charge is -2.13. The molecule has 25 heavy (non-hydrogen) atoms. The van der Waals surface area contributed by atoms with Gasteiger partial charge in [0.2, 0.25) is 10.0 Å². The average Bonchev–Trinajstić information content (AvgIpc) is 2.51. The van der Waals surface area contributed by atoms with Crippen LogP contribution in [0.15, 0.2) is 23.1 Å². The molecular weight excluding hydrogens is 352 g/mol. The Kier molecular flexibility index (Phi) is 7.27. The SMILES string of the molecule is C[C@@H](Nc1ccc(S(=O)(=O)NCCCN(C)C)cc1[N+](=O)[O-])C(=O)O. The van der Waals surface area contributed by atoms with Crippen LogP contribution in [-0.2, 0) is 14.8 Å². The second-order valence-corrected chi connectivity index (χ2v) is 7.46. The Morgan fingerprint density at radius 3 is 2.56 bits per heavy atom. The highest BCUT2D eigenvalue weighted by Gasteiger charge is 2.23. The van der Waals surface area contributed by atoms with Crippen LogP contribution in [0.3, 0.4) is 0 Å². The summed E-state index contributed by atoms with van der Waals surface area (Å²) in [6.07, 6.45) is 0.587. The first-order valence-corrected chi connectivity index (χ1v) is 8.95. The van der Waals surface area contributed by atoms with Crippen LogP contribution in [-0.4, -0.2) is 62.5 Å². The van der Waals surface area contributed by atoms with Gasteiger partial charge in [-0.1, -0.05) is 0 Å². The largest absolute Gasteiger partial charge is 0.480 e. The first-order valence-electron chi connectivity index (χ1n) is 7.47. The van der Waals surface area contributed by atoms with E-state index in [-0.39, 0.29) is 17.1 Å². The van der Waals surface area contributed by atoms with Crippen molar-refractivity contribution in [3.63, 3.8) is 0 Å². The van der Waals surface area contributed by atoms with Crippen molar-refractivity contribution >= 4 is 27.4 Å². The summed E-state index contributed by atoms with van der Waals surface area (Å²) in [6.45, 7) is 2.21. The Morgan fingerprint density at radius 1 is 1.40 bits per heavy atom. The van der Waals surface area contributed by atoms with E-state index in [0.717, 1.165) is 6.07 Å². The van der Waals surface area contributed by atoms with E-state index in [0.29, 0.717) is 13.0 Å². The minimum atomic E-state index is -3.89. The molecule has 0 fully saturated rings. The quantitative estimate of drug-likeness (QED) is 0.309. The first-order chi connectivity index (χ1) is 11.5. The minimum Gasteiger partial charge on any atom is -0.480 e. The summed E-state index contributed by atoms with van der Waals surface area (Å²) in [4.78, 5) is 22.9. The molecule has 3 N–H and O–H groups in total. The van der Waals surface area contributed by atoms with Gasteiger partial charge in [-0.05, 0) is 46.1 Å². The van der Waals surface area contributed by atoms with Gasteiger partial charge in [-0.15, -0.1) is 0 Å². The third-order valence-corrected chi connectivity index (χ3v) is 4.75. The van der Waals surface area contributed by atoms with Gasteiger partial charge in [0.25, 0.3) is 5.69 Å². The normalized spacial score (nSPS) is 12.8. The van der Waals surface area contributed by atoms with Gasteiger partial charge < -0.3 is 15.3 Å². The van der Waals surface area contributed by atoms with Gasteiger partial charge in [0.05, 0.1) is 9.82 Å². The van der Waals surface area contributed by atoms with Gasteiger partial charge in [-0.3, -0.25) is 14.9 Å². The number of nitro benzene ring substituents is 1. The lowest BCUT2D eigenvalue weighted by molar-refractivity contribution is -0.384. The molecule has 0 bridgehead atoms. The van der Waals surface area contributed by atoms with Crippen molar-refractivity contribution in [2.45, 2.75) is 24.3 Å². The molecule has 0 aromatic heterocycles. The summed E-state index contributed by atoms with van der Waals surface area (Å²) < 4.78 is 26.8. The molecule has 1 aromatic carbocycles. The molecule has 11 heteroatoms. The molecule has 0 saturated heterocycles. The number of nitro groups is 1. The molecule has 0 unspecified atom stereocenters. The maximum atomic E-state index is 12.2. The average molecular weight is 374 g/mol. The van der Waals surface area contributed by atoms with Gasteiger partial charge in [-0.25, -0.2) is 13.1 Å². The zero-order valence-corrected chi connectivity index (χ0v) is 15.0. The van der Waals surface area contributed by atoms with Gasteiger partial charge >= 0.3 is 5.97 Å². The molecule has 0 aliphatic carbocycles. The van der Waals surface area contributed by atoms with Crippen molar-refractivity contribution in [3.05, 3.63) is 28.3 Å². The van der Waals surface area contributed by atoms with Crippen molar-refractivity contribution in [3.8, 4) is 0 Å².